The Morgan fingerprint density at radius 1 is 1.06 bits per heavy atom. The first-order chi connectivity index (χ1) is 15.4. The highest BCUT2D eigenvalue weighted by Crippen LogP contribution is 2.39. The molecule has 0 unspecified atom stereocenters. The topological polar surface area (TPSA) is 79.0 Å². The molecule has 32 heavy (non-hydrogen) atoms. The number of piperazine rings is 1. The van der Waals surface area contributed by atoms with Crippen molar-refractivity contribution >= 4 is 41.4 Å². The van der Waals surface area contributed by atoms with E-state index >= 15 is 0 Å². The van der Waals surface area contributed by atoms with Crippen molar-refractivity contribution in [2.45, 2.75) is 18.7 Å². The summed E-state index contributed by atoms with van der Waals surface area (Å²) >= 11 is 1.39. The molecule has 0 spiro atoms. The number of carbonyl (C=O) groups is 3. The van der Waals surface area contributed by atoms with Crippen molar-refractivity contribution in [2.75, 3.05) is 38.1 Å². The van der Waals surface area contributed by atoms with Gasteiger partial charge >= 0.3 is 6.09 Å². The highest BCUT2D eigenvalue weighted by atomic mass is 32.2. The van der Waals surface area contributed by atoms with Gasteiger partial charge in [-0.3, -0.25) is 9.59 Å². The Morgan fingerprint density at radius 2 is 1.75 bits per heavy atom. The van der Waals surface area contributed by atoms with Gasteiger partial charge in [0.05, 0.1) is 17.2 Å². The molecule has 166 valence electrons. The van der Waals surface area contributed by atoms with Crippen LogP contribution in [0.1, 0.15) is 28.4 Å². The number of anilines is 1. The van der Waals surface area contributed by atoms with E-state index < -0.39 is 0 Å². The second-order valence-corrected chi connectivity index (χ2v) is 8.75. The van der Waals surface area contributed by atoms with E-state index in [-0.39, 0.29) is 17.9 Å². The fourth-order valence-electron chi connectivity index (χ4n) is 3.60. The van der Waals surface area contributed by atoms with Crippen LogP contribution in [0.4, 0.5) is 10.5 Å². The lowest BCUT2D eigenvalue weighted by Crippen LogP contribution is -2.50. The monoisotopic (exact) mass is 451 g/mol. The first-order valence-corrected chi connectivity index (χ1v) is 11.4. The number of fused-ring (bicyclic) bond motifs is 1. The van der Waals surface area contributed by atoms with Crippen molar-refractivity contribution in [2.24, 2.45) is 0 Å². The molecule has 0 saturated carbocycles. The average molecular weight is 452 g/mol. The Bertz CT molecular complexity index is 1070. The van der Waals surface area contributed by atoms with E-state index in [0.717, 1.165) is 16.0 Å². The molecule has 0 aromatic heterocycles. The lowest BCUT2D eigenvalue weighted by molar-refractivity contribution is -0.112. The summed E-state index contributed by atoms with van der Waals surface area (Å²) in [7, 11) is 0. The van der Waals surface area contributed by atoms with Crippen LogP contribution in [0.25, 0.3) is 6.08 Å². The maximum Gasteiger partial charge on any atom is 0.409 e. The van der Waals surface area contributed by atoms with Gasteiger partial charge < -0.3 is 19.9 Å². The quantitative estimate of drug-likeness (QED) is 0.714. The van der Waals surface area contributed by atoms with E-state index in [9.17, 15) is 14.4 Å². The molecular weight excluding hydrogens is 426 g/mol. The molecule has 1 saturated heterocycles. The Balaban J connectivity index is 1.44. The number of thioether (sulfide) groups is 1. The minimum absolute atomic E-state index is 0.114. The summed E-state index contributed by atoms with van der Waals surface area (Å²) in [6.07, 6.45) is 1.52. The number of amides is 3. The van der Waals surface area contributed by atoms with Gasteiger partial charge in [0.15, 0.2) is 0 Å². The van der Waals surface area contributed by atoms with Gasteiger partial charge in [0.25, 0.3) is 11.8 Å². The molecule has 0 atom stereocenters. The van der Waals surface area contributed by atoms with Crippen molar-refractivity contribution in [1.82, 2.24) is 9.80 Å². The highest BCUT2D eigenvalue weighted by molar-refractivity contribution is 8.04. The molecular formula is C24H25N3O4S. The molecule has 2 aliphatic rings. The van der Waals surface area contributed by atoms with Crippen LogP contribution in [0, 0.1) is 6.92 Å². The zero-order valence-corrected chi connectivity index (χ0v) is 18.9. The standard InChI is InChI=1S/C24H25N3O4S/c1-3-31-24(30)27-12-10-26(11-13-27)23(29)18-8-9-20-19(15-18)25-22(28)21(32-20)14-17-6-4-16(2)5-7-17/h4-9,14-15H,3,10-13H2,1-2H3,(H,25,28)/b21-14+. The Hall–Kier alpha value is -3.26. The van der Waals surface area contributed by atoms with E-state index in [2.05, 4.69) is 5.32 Å². The van der Waals surface area contributed by atoms with Crippen LogP contribution in [0.2, 0.25) is 0 Å². The van der Waals surface area contributed by atoms with Crippen molar-refractivity contribution in [3.63, 3.8) is 0 Å². The van der Waals surface area contributed by atoms with Crippen LogP contribution >= 0.6 is 11.8 Å². The van der Waals surface area contributed by atoms with Gasteiger partial charge in [0.2, 0.25) is 0 Å². The van der Waals surface area contributed by atoms with Gasteiger partial charge in [0.1, 0.15) is 0 Å². The fraction of sp³-hybridized carbons (Fsp3) is 0.292. The summed E-state index contributed by atoms with van der Waals surface area (Å²) < 4.78 is 5.02. The van der Waals surface area contributed by atoms with Crippen molar-refractivity contribution in [3.05, 3.63) is 64.1 Å². The minimum Gasteiger partial charge on any atom is -0.450 e. The Kier molecular flexibility index (Phi) is 6.50. The summed E-state index contributed by atoms with van der Waals surface area (Å²) in [4.78, 5) is 42.3. The van der Waals surface area contributed by atoms with Crippen LogP contribution in [-0.2, 0) is 9.53 Å². The molecule has 0 bridgehead atoms. The van der Waals surface area contributed by atoms with Crippen LogP contribution in [0.15, 0.2) is 52.3 Å². The third-order valence-electron chi connectivity index (χ3n) is 5.39. The van der Waals surface area contributed by atoms with E-state index in [1.807, 2.05) is 43.3 Å². The molecule has 2 heterocycles. The van der Waals surface area contributed by atoms with Crippen molar-refractivity contribution in [3.8, 4) is 0 Å². The molecule has 0 radical (unpaired) electrons. The largest absolute Gasteiger partial charge is 0.450 e. The van der Waals surface area contributed by atoms with Gasteiger partial charge in [0, 0.05) is 36.6 Å². The van der Waals surface area contributed by atoms with Gasteiger partial charge in [-0.15, -0.1) is 0 Å². The van der Waals surface area contributed by atoms with Crippen LogP contribution in [0.3, 0.4) is 0 Å². The number of benzene rings is 2. The Labute approximate surface area is 191 Å². The predicted octanol–water partition coefficient (Wildman–Crippen LogP) is 3.99. The predicted molar refractivity (Wildman–Crippen MR) is 125 cm³/mol. The zero-order chi connectivity index (χ0) is 22.7. The minimum atomic E-state index is -0.345. The molecule has 4 rings (SSSR count). The zero-order valence-electron chi connectivity index (χ0n) is 18.1. The van der Waals surface area contributed by atoms with Crippen LogP contribution in [0.5, 0.6) is 0 Å². The first kappa shape index (κ1) is 22.0. The molecule has 1 fully saturated rings. The molecule has 3 amide bonds. The molecule has 0 aliphatic carbocycles. The second-order valence-electron chi connectivity index (χ2n) is 7.66. The van der Waals surface area contributed by atoms with Crippen molar-refractivity contribution in [1.29, 1.82) is 0 Å². The maximum absolute atomic E-state index is 13.0. The van der Waals surface area contributed by atoms with Gasteiger partial charge in [-0.1, -0.05) is 41.6 Å². The van der Waals surface area contributed by atoms with E-state index in [4.69, 9.17) is 4.74 Å². The molecule has 7 nitrogen and oxygen atoms in total. The molecule has 2 aromatic carbocycles. The third-order valence-corrected chi connectivity index (χ3v) is 6.49. The number of carbonyl (C=O) groups excluding carboxylic acids is 3. The summed E-state index contributed by atoms with van der Waals surface area (Å²) in [5, 5.41) is 2.91. The number of hydrogen-bond donors (Lipinski definition) is 1. The van der Waals surface area contributed by atoms with Crippen molar-refractivity contribution < 1.29 is 19.1 Å². The number of nitrogens with zero attached hydrogens (tertiary/aromatic N) is 2. The SMILES string of the molecule is CCOC(=O)N1CCN(C(=O)c2ccc3c(c2)NC(=O)/C(=C\c2ccc(C)cc2)S3)CC1. The average Bonchev–Trinajstić information content (AvgIpc) is 2.80. The van der Waals surface area contributed by atoms with E-state index in [0.29, 0.717) is 48.9 Å². The first-order valence-electron chi connectivity index (χ1n) is 10.6. The Morgan fingerprint density at radius 3 is 2.44 bits per heavy atom. The number of ether oxygens (including phenoxy) is 1. The van der Waals surface area contributed by atoms with E-state index in [1.54, 1.807) is 28.9 Å². The number of hydrogen-bond acceptors (Lipinski definition) is 5. The third kappa shape index (κ3) is 4.80. The normalized spacial score (nSPS) is 17.1. The highest BCUT2D eigenvalue weighted by Gasteiger charge is 2.27. The lowest BCUT2D eigenvalue weighted by Gasteiger charge is -2.34. The summed E-state index contributed by atoms with van der Waals surface area (Å²) in [6, 6.07) is 13.4. The maximum atomic E-state index is 13.0. The molecule has 2 aliphatic heterocycles. The van der Waals surface area contributed by atoms with Gasteiger partial charge in [-0.05, 0) is 43.7 Å². The van der Waals surface area contributed by atoms with Crippen LogP contribution in [-0.4, -0.2) is 60.5 Å². The van der Waals surface area contributed by atoms with Gasteiger partial charge in [-0.25, -0.2) is 4.79 Å². The second kappa shape index (κ2) is 9.48. The molecule has 1 N–H and O–H groups in total. The summed E-state index contributed by atoms with van der Waals surface area (Å²) in [5.74, 6) is -0.299. The van der Waals surface area contributed by atoms with Gasteiger partial charge in [-0.2, -0.15) is 0 Å². The van der Waals surface area contributed by atoms with E-state index in [1.165, 1.54) is 11.8 Å². The molecule has 8 heteroatoms. The lowest BCUT2D eigenvalue weighted by atomic mass is 10.1. The number of aryl methyl sites for hydroxylation is 1. The molecule has 2 aromatic rings. The number of rotatable bonds is 3. The number of nitrogens with one attached hydrogen (secondary N) is 1. The summed E-state index contributed by atoms with van der Waals surface area (Å²) in [5.41, 5.74) is 3.28. The smallest absolute Gasteiger partial charge is 0.409 e. The van der Waals surface area contributed by atoms with Crippen LogP contribution < -0.4 is 5.32 Å². The summed E-state index contributed by atoms with van der Waals surface area (Å²) in [6.45, 7) is 5.89. The fourth-order valence-corrected chi connectivity index (χ4v) is 4.53.